The first kappa shape index (κ1) is 14.0. The van der Waals surface area contributed by atoms with Gasteiger partial charge in [0.05, 0.1) is 30.6 Å². The lowest BCUT2D eigenvalue weighted by atomic mass is 10.1. The van der Waals surface area contributed by atoms with Crippen LogP contribution in [0, 0.1) is 0 Å². The van der Waals surface area contributed by atoms with Crippen LogP contribution in [0.3, 0.4) is 0 Å². The zero-order valence-corrected chi connectivity index (χ0v) is 12.6. The zero-order valence-electron chi connectivity index (χ0n) is 11.1. The summed E-state index contributed by atoms with van der Waals surface area (Å²) >= 11 is 3.67. The molecule has 0 fully saturated rings. The normalized spacial score (nSPS) is 12.2. The molecule has 0 aliphatic rings. The summed E-state index contributed by atoms with van der Waals surface area (Å²) in [5, 5.41) is 0. The molecule has 1 heterocycles. The number of rotatable bonds is 6. The lowest BCUT2D eigenvalue weighted by Crippen LogP contribution is -2.00. The number of alkyl halides is 1. The molecule has 3 nitrogen and oxygen atoms in total. The van der Waals surface area contributed by atoms with Crippen LogP contribution in [0.15, 0.2) is 41.2 Å². The Morgan fingerprint density at radius 2 is 1.79 bits per heavy atom. The molecule has 19 heavy (non-hydrogen) atoms. The van der Waals surface area contributed by atoms with Crippen molar-refractivity contribution in [1.82, 2.24) is 0 Å². The van der Waals surface area contributed by atoms with E-state index in [4.69, 9.17) is 13.9 Å². The Morgan fingerprint density at radius 1 is 1.05 bits per heavy atom. The Bertz CT molecular complexity index is 508. The molecular formula is C15H17BrO3. The number of hydrogen-bond donors (Lipinski definition) is 0. The monoisotopic (exact) mass is 324 g/mol. The number of benzene rings is 1. The highest BCUT2D eigenvalue weighted by Gasteiger charge is 2.14. The van der Waals surface area contributed by atoms with Gasteiger partial charge in [0.2, 0.25) is 0 Å². The lowest BCUT2D eigenvalue weighted by molar-refractivity contribution is 0.287. The smallest absolute Gasteiger partial charge is 0.161 e. The molecule has 1 atom stereocenters. The van der Waals surface area contributed by atoms with Crippen LogP contribution in [0.25, 0.3) is 0 Å². The van der Waals surface area contributed by atoms with Crippen LogP contribution in [0.1, 0.15) is 29.8 Å². The van der Waals surface area contributed by atoms with Gasteiger partial charge < -0.3 is 13.9 Å². The lowest BCUT2D eigenvalue weighted by Gasteiger charge is -2.14. The average Bonchev–Trinajstić information content (AvgIpc) is 2.94. The molecule has 1 aromatic carbocycles. The zero-order chi connectivity index (χ0) is 13.7. The Morgan fingerprint density at radius 3 is 2.42 bits per heavy atom. The van der Waals surface area contributed by atoms with E-state index in [1.165, 1.54) is 0 Å². The van der Waals surface area contributed by atoms with Gasteiger partial charge in [-0.15, -0.1) is 0 Å². The van der Waals surface area contributed by atoms with E-state index in [0.29, 0.717) is 13.2 Å². The molecule has 0 radical (unpaired) electrons. The average molecular weight is 325 g/mol. The number of halogens is 1. The second-order valence-electron chi connectivity index (χ2n) is 3.99. The fraction of sp³-hybridized carbons (Fsp3) is 0.333. The molecule has 2 aromatic rings. The van der Waals surface area contributed by atoms with E-state index in [2.05, 4.69) is 15.9 Å². The van der Waals surface area contributed by atoms with Gasteiger partial charge >= 0.3 is 0 Å². The van der Waals surface area contributed by atoms with Crippen molar-refractivity contribution in [2.24, 2.45) is 0 Å². The van der Waals surface area contributed by atoms with E-state index in [0.717, 1.165) is 22.6 Å². The SMILES string of the molecule is CCOc1ccc(C(Br)c2ccoc2)cc1OCC. The molecule has 0 saturated carbocycles. The Labute approximate surface area is 121 Å². The van der Waals surface area contributed by atoms with Crippen molar-refractivity contribution < 1.29 is 13.9 Å². The standard InChI is InChI=1S/C15H17BrO3/c1-3-18-13-6-5-11(9-14(13)19-4-2)15(16)12-7-8-17-10-12/h5-10,15H,3-4H2,1-2H3. The van der Waals surface area contributed by atoms with Crippen molar-refractivity contribution in [1.29, 1.82) is 0 Å². The maximum Gasteiger partial charge on any atom is 0.161 e. The highest BCUT2D eigenvalue weighted by atomic mass is 79.9. The minimum absolute atomic E-state index is 0.0844. The van der Waals surface area contributed by atoms with Crippen LogP contribution in [0.4, 0.5) is 0 Å². The predicted molar refractivity (Wildman–Crippen MR) is 78.3 cm³/mol. The van der Waals surface area contributed by atoms with Gasteiger partial charge in [-0.1, -0.05) is 22.0 Å². The molecule has 0 aliphatic heterocycles. The maximum atomic E-state index is 5.63. The summed E-state index contributed by atoms with van der Waals surface area (Å²) in [4.78, 5) is 0.0844. The molecule has 4 heteroatoms. The van der Waals surface area contributed by atoms with Crippen molar-refractivity contribution in [3.05, 3.63) is 47.9 Å². The summed E-state index contributed by atoms with van der Waals surface area (Å²) in [6, 6.07) is 7.91. The van der Waals surface area contributed by atoms with Crippen LogP contribution in [-0.4, -0.2) is 13.2 Å². The summed E-state index contributed by atoms with van der Waals surface area (Å²) in [5.41, 5.74) is 2.18. The molecule has 2 rings (SSSR count). The van der Waals surface area contributed by atoms with E-state index >= 15 is 0 Å². The first-order valence-corrected chi connectivity index (χ1v) is 7.23. The van der Waals surface area contributed by atoms with Gasteiger partial charge in [-0.2, -0.15) is 0 Å². The van der Waals surface area contributed by atoms with E-state index in [9.17, 15) is 0 Å². The number of furan rings is 1. The topological polar surface area (TPSA) is 31.6 Å². The van der Waals surface area contributed by atoms with Gasteiger partial charge in [-0.3, -0.25) is 0 Å². The third kappa shape index (κ3) is 3.32. The third-order valence-corrected chi connectivity index (χ3v) is 3.75. The van der Waals surface area contributed by atoms with Crippen molar-refractivity contribution in [2.45, 2.75) is 18.7 Å². The van der Waals surface area contributed by atoms with Gasteiger partial charge in [0.1, 0.15) is 0 Å². The Balaban J connectivity index is 2.29. The molecule has 0 saturated heterocycles. The van der Waals surface area contributed by atoms with Gasteiger partial charge in [-0.05, 0) is 37.6 Å². The van der Waals surface area contributed by atoms with E-state index < -0.39 is 0 Å². The van der Waals surface area contributed by atoms with Gasteiger partial charge in [-0.25, -0.2) is 0 Å². The van der Waals surface area contributed by atoms with Gasteiger partial charge in [0.15, 0.2) is 11.5 Å². The summed E-state index contributed by atoms with van der Waals surface area (Å²) in [7, 11) is 0. The molecule has 102 valence electrons. The summed E-state index contributed by atoms with van der Waals surface area (Å²) in [6.07, 6.45) is 3.40. The fourth-order valence-corrected chi connectivity index (χ4v) is 2.38. The fourth-order valence-electron chi connectivity index (χ4n) is 1.84. The quantitative estimate of drug-likeness (QED) is 0.730. The highest BCUT2D eigenvalue weighted by molar-refractivity contribution is 9.09. The molecular weight excluding hydrogens is 308 g/mol. The summed E-state index contributed by atoms with van der Waals surface area (Å²) in [6.45, 7) is 5.16. The number of ether oxygens (including phenoxy) is 2. The first-order chi connectivity index (χ1) is 9.26. The van der Waals surface area contributed by atoms with Crippen molar-refractivity contribution >= 4 is 15.9 Å². The van der Waals surface area contributed by atoms with Crippen LogP contribution in [0.5, 0.6) is 11.5 Å². The highest BCUT2D eigenvalue weighted by Crippen LogP contribution is 2.36. The van der Waals surface area contributed by atoms with Crippen LogP contribution in [-0.2, 0) is 0 Å². The minimum atomic E-state index is 0.0844. The van der Waals surface area contributed by atoms with E-state index in [-0.39, 0.29) is 4.83 Å². The molecule has 0 N–H and O–H groups in total. The van der Waals surface area contributed by atoms with Gasteiger partial charge in [0, 0.05) is 5.56 Å². The van der Waals surface area contributed by atoms with Crippen molar-refractivity contribution in [2.75, 3.05) is 13.2 Å². The molecule has 0 aliphatic carbocycles. The van der Waals surface area contributed by atoms with Crippen LogP contribution >= 0.6 is 15.9 Å². The van der Waals surface area contributed by atoms with Crippen LogP contribution < -0.4 is 9.47 Å². The molecule has 1 unspecified atom stereocenters. The van der Waals surface area contributed by atoms with Crippen LogP contribution in [0.2, 0.25) is 0 Å². The second-order valence-corrected chi connectivity index (χ2v) is 4.91. The summed E-state index contributed by atoms with van der Waals surface area (Å²) in [5.74, 6) is 1.55. The minimum Gasteiger partial charge on any atom is -0.490 e. The predicted octanol–water partition coefficient (Wildman–Crippen LogP) is 4.56. The van der Waals surface area contributed by atoms with E-state index in [1.807, 2.05) is 38.1 Å². The van der Waals surface area contributed by atoms with Gasteiger partial charge in [0.25, 0.3) is 0 Å². The maximum absolute atomic E-state index is 5.63. The molecule has 0 amide bonds. The first-order valence-electron chi connectivity index (χ1n) is 6.32. The van der Waals surface area contributed by atoms with E-state index in [1.54, 1.807) is 12.5 Å². The van der Waals surface area contributed by atoms with Crippen molar-refractivity contribution in [3.63, 3.8) is 0 Å². The van der Waals surface area contributed by atoms with Crippen molar-refractivity contribution in [3.8, 4) is 11.5 Å². The molecule has 0 bridgehead atoms. The second kappa shape index (κ2) is 6.66. The largest absolute Gasteiger partial charge is 0.490 e. The number of hydrogen-bond acceptors (Lipinski definition) is 3. The molecule has 1 aromatic heterocycles. The Kier molecular flexibility index (Phi) is 4.91. The third-order valence-electron chi connectivity index (χ3n) is 2.70. The molecule has 0 spiro atoms. The Hall–Kier alpha value is -1.42. The summed E-state index contributed by atoms with van der Waals surface area (Å²) < 4.78 is 16.3.